The van der Waals surface area contributed by atoms with Crippen molar-refractivity contribution in [2.24, 2.45) is 0 Å². The van der Waals surface area contributed by atoms with Crippen LogP contribution in [-0.4, -0.2) is 30.7 Å². The number of hydrogen-bond donors (Lipinski definition) is 0. The second-order valence-corrected chi connectivity index (χ2v) is 8.88. The third-order valence-corrected chi connectivity index (χ3v) is 7.33. The zero-order chi connectivity index (χ0) is 15.0. The van der Waals surface area contributed by atoms with E-state index >= 15 is 0 Å². The van der Waals surface area contributed by atoms with Gasteiger partial charge >= 0.3 is 0 Å². The topological polar surface area (TPSA) is 0 Å². The summed E-state index contributed by atoms with van der Waals surface area (Å²) in [7, 11) is 2.50. The van der Waals surface area contributed by atoms with Gasteiger partial charge in [-0.3, -0.25) is 0 Å². The van der Waals surface area contributed by atoms with E-state index in [-0.39, 0.29) is 0 Å². The highest BCUT2D eigenvalue weighted by atomic mass is 32.1. The lowest BCUT2D eigenvalue weighted by Gasteiger charge is -2.48. The maximum Gasteiger partial charge on any atom is 0.101 e. The number of rotatable bonds is 2. The summed E-state index contributed by atoms with van der Waals surface area (Å²) in [5.41, 5.74) is 3.25. The number of likely N-dealkylation sites (N-methyl/N-ethyl adjacent to an activating group) is 1. The van der Waals surface area contributed by atoms with Crippen LogP contribution < -0.4 is 0 Å². The van der Waals surface area contributed by atoms with Crippen LogP contribution in [0.1, 0.15) is 41.9 Å². The van der Waals surface area contributed by atoms with Crippen LogP contribution in [0, 0.1) is 0 Å². The van der Waals surface area contributed by atoms with E-state index in [0.29, 0.717) is 0 Å². The van der Waals surface area contributed by atoms with Crippen LogP contribution in [0.25, 0.3) is 5.57 Å². The third kappa shape index (κ3) is 2.60. The number of fused-ring (bicyclic) bond motifs is 1. The molecule has 2 saturated heterocycles. The van der Waals surface area contributed by atoms with E-state index in [1.165, 1.54) is 59.4 Å². The van der Waals surface area contributed by atoms with Crippen LogP contribution in [0.3, 0.4) is 0 Å². The molecule has 2 fully saturated rings. The summed E-state index contributed by atoms with van der Waals surface area (Å²) in [6, 6.07) is 9.89. The molecule has 0 aromatic carbocycles. The van der Waals surface area contributed by atoms with Crippen molar-refractivity contribution in [3.8, 4) is 0 Å². The first-order valence-corrected chi connectivity index (χ1v) is 10.2. The SMILES string of the molecule is C[N@@+]12CCCC[C@H]1CCC(=C(c1cccs1)c1cccs1)C2. The van der Waals surface area contributed by atoms with Gasteiger partial charge in [-0.25, -0.2) is 0 Å². The average Bonchev–Trinajstić information content (AvgIpc) is 3.20. The predicted octanol–water partition coefficient (Wildman–Crippen LogP) is 5.40. The minimum absolute atomic E-state index is 0.908. The minimum Gasteiger partial charge on any atom is -0.320 e. The summed E-state index contributed by atoms with van der Waals surface area (Å²) in [5.74, 6) is 0. The van der Waals surface area contributed by atoms with Gasteiger partial charge in [0, 0.05) is 21.7 Å². The standard InChI is InChI=1S/C19H24NS2/c1-20-11-3-2-6-16(20)10-9-15(14-20)19(17-7-4-12-21-17)18-8-5-13-22-18/h4-5,7-8,12-13,16H,2-3,6,9-11,14H2,1H3/q+1/t16-,20-/m0/s1. The normalized spacial score (nSPS) is 28.4. The molecular weight excluding hydrogens is 306 g/mol. The van der Waals surface area contributed by atoms with E-state index in [0.717, 1.165) is 6.04 Å². The van der Waals surface area contributed by atoms with E-state index < -0.39 is 0 Å². The Labute approximate surface area is 141 Å². The van der Waals surface area contributed by atoms with Gasteiger partial charge in [0.05, 0.1) is 19.6 Å². The third-order valence-electron chi connectivity index (χ3n) is 5.56. The number of piperidine rings is 2. The Balaban J connectivity index is 1.76. The lowest BCUT2D eigenvalue weighted by Crippen LogP contribution is -2.58. The minimum atomic E-state index is 0.908. The molecule has 2 atom stereocenters. The van der Waals surface area contributed by atoms with Crippen molar-refractivity contribution in [3.05, 3.63) is 50.4 Å². The van der Waals surface area contributed by atoms with Gasteiger partial charge in [-0.15, -0.1) is 22.7 Å². The molecule has 2 aliphatic rings. The molecule has 0 spiro atoms. The molecule has 4 rings (SSSR count). The molecule has 3 heteroatoms. The molecule has 4 heterocycles. The van der Waals surface area contributed by atoms with Crippen LogP contribution >= 0.6 is 22.7 Å². The van der Waals surface area contributed by atoms with E-state index in [4.69, 9.17) is 0 Å². The maximum absolute atomic E-state index is 2.50. The Hall–Kier alpha value is -0.900. The van der Waals surface area contributed by atoms with Crippen LogP contribution in [0.15, 0.2) is 40.6 Å². The summed E-state index contributed by atoms with van der Waals surface area (Å²) in [5, 5.41) is 4.43. The predicted molar refractivity (Wildman–Crippen MR) is 97.5 cm³/mol. The quantitative estimate of drug-likeness (QED) is 0.646. The summed E-state index contributed by atoms with van der Waals surface area (Å²) in [6.45, 7) is 2.63. The van der Waals surface area contributed by atoms with E-state index in [1.54, 1.807) is 11.1 Å². The van der Waals surface area contributed by atoms with E-state index in [1.807, 2.05) is 22.7 Å². The lowest BCUT2D eigenvalue weighted by molar-refractivity contribution is -0.937. The summed E-state index contributed by atoms with van der Waals surface area (Å²) >= 11 is 3.79. The molecule has 0 unspecified atom stereocenters. The molecule has 0 radical (unpaired) electrons. The van der Waals surface area contributed by atoms with Gasteiger partial charge in [0.1, 0.15) is 6.54 Å². The molecule has 0 amide bonds. The second kappa shape index (κ2) is 5.95. The Kier molecular flexibility index (Phi) is 3.97. The summed E-state index contributed by atoms with van der Waals surface area (Å²) in [6.07, 6.45) is 6.97. The highest BCUT2D eigenvalue weighted by Gasteiger charge is 2.40. The summed E-state index contributed by atoms with van der Waals surface area (Å²) in [4.78, 5) is 2.92. The molecule has 116 valence electrons. The second-order valence-electron chi connectivity index (χ2n) is 6.98. The Morgan fingerprint density at radius 2 is 1.77 bits per heavy atom. The van der Waals surface area contributed by atoms with Crippen molar-refractivity contribution in [2.75, 3.05) is 20.1 Å². The van der Waals surface area contributed by atoms with Gasteiger partial charge in [-0.1, -0.05) is 12.1 Å². The molecule has 0 N–H and O–H groups in total. The number of nitrogens with zero attached hydrogens (tertiary/aromatic N) is 1. The summed E-state index contributed by atoms with van der Waals surface area (Å²) < 4.78 is 1.29. The van der Waals surface area contributed by atoms with Crippen LogP contribution in [0.5, 0.6) is 0 Å². The lowest BCUT2D eigenvalue weighted by atomic mass is 9.85. The largest absolute Gasteiger partial charge is 0.320 e. The molecule has 2 aromatic rings. The van der Waals surface area contributed by atoms with Gasteiger partial charge in [-0.05, 0) is 54.1 Å². The number of quaternary nitrogens is 1. The first-order chi connectivity index (χ1) is 10.8. The maximum atomic E-state index is 2.50. The Morgan fingerprint density at radius 1 is 1.05 bits per heavy atom. The van der Waals surface area contributed by atoms with Crippen LogP contribution in [-0.2, 0) is 0 Å². The van der Waals surface area contributed by atoms with E-state index in [9.17, 15) is 0 Å². The van der Waals surface area contributed by atoms with Crippen LogP contribution in [0.2, 0.25) is 0 Å². The van der Waals surface area contributed by atoms with Gasteiger partial charge in [0.25, 0.3) is 0 Å². The molecule has 1 nitrogen and oxygen atoms in total. The molecule has 0 aliphatic carbocycles. The van der Waals surface area contributed by atoms with Gasteiger partial charge < -0.3 is 4.48 Å². The molecule has 2 aromatic heterocycles. The number of thiophene rings is 2. The van der Waals surface area contributed by atoms with Crippen molar-refractivity contribution in [1.82, 2.24) is 0 Å². The van der Waals surface area contributed by atoms with E-state index in [2.05, 4.69) is 42.1 Å². The van der Waals surface area contributed by atoms with Gasteiger partial charge in [0.15, 0.2) is 0 Å². The first kappa shape index (κ1) is 14.7. The Morgan fingerprint density at radius 3 is 2.41 bits per heavy atom. The fraction of sp³-hybridized carbons (Fsp3) is 0.474. The van der Waals surface area contributed by atoms with Crippen molar-refractivity contribution in [1.29, 1.82) is 0 Å². The fourth-order valence-corrected chi connectivity index (χ4v) is 6.11. The van der Waals surface area contributed by atoms with Crippen molar-refractivity contribution in [2.45, 2.75) is 38.1 Å². The molecule has 22 heavy (non-hydrogen) atoms. The highest BCUT2D eigenvalue weighted by Crippen LogP contribution is 2.41. The molecule has 2 aliphatic heterocycles. The fourth-order valence-electron chi connectivity index (χ4n) is 4.38. The van der Waals surface area contributed by atoms with Gasteiger partial charge in [-0.2, -0.15) is 0 Å². The van der Waals surface area contributed by atoms with Crippen molar-refractivity contribution in [3.63, 3.8) is 0 Å². The number of hydrogen-bond acceptors (Lipinski definition) is 2. The van der Waals surface area contributed by atoms with Gasteiger partial charge in [0.2, 0.25) is 0 Å². The highest BCUT2D eigenvalue weighted by molar-refractivity contribution is 7.13. The van der Waals surface area contributed by atoms with Crippen molar-refractivity contribution >= 4 is 28.2 Å². The zero-order valence-corrected chi connectivity index (χ0v) is 14.9. The molecular formula is C19H24NS2+. The monoisotopic (exact) mass is 330 g/mol. The zero-order valence-electron chi connectivity index (χ0n) is 13.3. The molecule has 0 saturated carbocycles. The smallest absolute Gasteiger partial charge is 0.101 e. The first-order valence-electron chi connectivity index (χ1n) is 8.40. The van der Waals surface area contributed by atoms with Crippen molar-refractivity contribution < 1.29 is 4.48 Å². The Bertz CT molecular complexity index is 617. The molecule has 0 bridgehead atoms. The van der Waals surface area contributed by atoms with Crippen LogP contribution in [0.4, 0.5) is 0 Å². The average molecular weight is 331 g/mol.